The second-order valence-corrected chi connectivity index (χ2v) is 9.92. The van der Waals surface area contributed by atoms with Gasteiger partial charge in [0.25, 0.3) is 0 Å². The van der Waals surface area contributed by atoms with E-state index in [2.05, 4.69) is 38.9 Å². The first-order chi connectivity index (χ1) is 17.7. The van der Waals surface area contributed by atoms with E-state index in [-0.39, 0.29) is 17.8 Å². The molecule has 1 aliphatic heterocycles. The van der Waals surface area contributed by atoms with Crippen LogP contribution in [-0.4, -0.2) is 63.3 Å². The van der Waals surface area contributed by atoms with Crippen LogP contribution < -0.4 is 5.32 Å². The third kappa shape index (κ3) is 4.80. The number of ether oxygens (including phenoxy) is 1. The predicted octanol–water partition coefficient (Wildman–Crippen LogP) is 4.15. The topological polar surface area (TPSA) is 71.8 Å². The Balaban J connectivity index is 1.12. The highest BCUT2D eigenvalue weighted by atomic mass is 32.2. The number of hydrogen-bond donors (Lipinski definition) is 1. The summed E-state index contributed by atoms with van der Waals surface area (Å²) in [6.07, 6.45) is -0.0143. The van der Waals surface area contributed by atoms with E-state index in [9.17, 15) is 4.79 Å². The summed E-state index contributed by atoms with van der Waals surface area (Å²) in [5, 5.41) is 4.82. The highest BCUT2D eigenvalue weighted by Gasteiger charge is 2.21. The minimum Gasteiger partial charge on any atom is -0.374 e. The van der Waals surface area contributed by atoms with E-state index in [0.29, 0.717) is 13.2 Å². The van der Waals surface area contributed by atoms with E-state index in [1.165, 1.54) is 17.3 Å². The normalized spacial score (nSPS) is 16.6. The largest absolute Gasteiger partial charge is 0.374 e. The van der Waals surface area contributed by atoms with Gasteiger partial charge in [0.15, 0.2) is 5.16 Å². The van der Waals surface area contributed by atoms with E-state index in [1.54, 1.807) is 0 Å². The maximum absolute atomic E-state index is 12.8. The minimum absolute atomic E-state index is 0.0143. The Morgan fingerprint density at radius 3 is 2.64 bits per heavy atom. The lowest BCUT2D eigenvalue weighted by Crippen LogP contribution is -2.47. The predicted molar refractivity (Wildman–Crippen MR) is 143 cm³/mol. The second-order valence-electron chi connectivity index (χ2n) is 8.98. The van der Waals surface area contributed by atoms with Crippen molar-refractivity contribution in [2.75, 3.05) is 32.0 Å². The highest BCUT2D eigenvalue weighted by molar-refractivity contribution is 7.99. The standard InChI is InChI=1S/C28H27N5O2S/c34-26(29-16-21-18-32(14-15-35-21)17-20-8-2-1-3-9-20)19-36-28-31-23-11-5-4-10-22(23)27-30-24-12-6-7-13-25(24)33(27)28/h1-13,21H,14-19H2,(H,29,34)/t21-/m0/s1. The molecule has 0 spiro atoms. The molecule has 1 atom stereocenters. The number of nitrogens with one attached hydrogen (secondary N) is 1. The number of morpholine rings is 1. The van der Waals surface area contributed by atoms with Crippen LogP contribution in [0.25, 0.3) is 27.6 Å². The van der Waals surface area contributed by atoms with Gasteiger partial charge in [-0.05, 0) is 29.8 Å². The Hall–Kier alpha value is -3.46. The van der Waals surface area contributed by atoms with Crippen molar-refractivity contribution in [2.45, 2.75) is 17.8 Å². The van der Waals surface area contributed by atoms with E-state index in [0.717, 1.165) is 52.4 Å². The van der Waals surface area contributed by atoms with Crippen LogP contribution >= 0.6 is 11.8 Å². The molecule has 3 heterocycles. The van der Waals surface area contributed by atoms with Crippen molar-refractivity contribution in [1.29, 1.82) is 0 Å². The van der Waals surface area contributed by atoms with Crippen molar-refractivity contribution in [3.05, 3.63) is 84.4 Å². The first-order valence-electron chi connectivity index (χ1n) is 12.2. The maximum atomic E-state index is 12.8. The average molecular weight is 498 g/mol. The Bertz CT molecular complexity index is 1520. The van der Waals surface area contributed by atoms with Gasteiger partial charge in [0.1, 0.15) is 5.65 Å². The van der Waals surface area contributed by atoms with Gasteiger partial charge in [0.2, 0.25) is 5.91 Å². The molecule has 8 heteroatoms. The third-order valence-electron chi connectivity index (χ3n) is 6.44. The molecule has 1 N–H and O–H groups in total. The number of rotatable bonds is 7. The number of para-hydroxylation sites is 3. The Morgan fingerprint density at radius 2 is 1.75 bits per heavy atom. The molecule has 7 nitrogen and oxygen atoms in total. The van der Waals surface area contributed by atoms with Gasteiger partial charge in [-0.2, -0.15) is 0 Å². The number of benzene rings is 3. The minimum atomic E-state index is -0.0312. The van der Waals surface area contributed by atoms with Crippen LogP contribution in [0.2, 0.25) is 0 Å². The Labute approximate surface area is 213 Å². The van der Waals surface area contributed by atoms with Crippen LogP contribution in [0.15, 0.2) is 84.0 Å². The zero-order valence-corrected chi connectivity index (χ0v) is 20.7. The van der Waals surface area contributed by atoms with Crippen molar-refractivity contribution in [2.24, 2.45) is 0 Å². The van der Waals surface area contributed by atoms with Gasteiger partial charge < -0.3 is 10.1 Å². The molecule has 0 aliphatic carbocycles. The van der Waals surface area contributed by atoms with Crippen LogP contribution in [0.4, 0.5) is 0 Å². The quantitative estimate of drug-likeness (QED) is 0.269. The lowest BCUT2D eigenvalue weighted by Gasteiger charge is -2.33. The van der Waals surface area contributed by atoms with E-state index in [1.807, 2.05) is 54.6 Å². The fraction of sp³-hybridized carbons (Fsp3) is 0.250. The number of hydrogen-bond acceptors (Lipinski definition) is 6. The summed E-state index contributed by atoms with van der Waals surface area (Å²) in [5.41, 5.74) is 4.93. The molecule has 1 amide bonds. The first-order valence-corrected chi connectivity index (χ1v) is 13.2. The molecule has 1 fully saturated rings. The zero-order valence-electron chi connectivity index (χ0n) is 19.8. The van der Waals surface area contributed by atoms with Crippen molar-refractivity contribution in [3.63, 3.8) is 0 Å². The van der Waals surface area contributed by atoms with E-state index >= 15 is 0 Å². The molecule has 0 radical (unpaired) electrons. The molecular formula is C28H27N5O2S. The lowest BCUT2D eigenvalue weighted by molar-refractivity contribution is -0.119. The Kier molecular flexibility index (Phi) is 6.55. The summed E-state index contributed by atoms with van der Waals surface area (Å²) >= 11 is 1.43. The van der Waals surface area contributed by atoms with Gasteiger partial charge in [-0.1, -0.05) is 66.4 Å². The average Bonchev–Trinajstić information content (AvgIpc) is 3.32. The summed E-state index contributed by atoms with van der Waals surface area (Å²) in [7, 11) is 0. The van der Waals surface area contributed by atoms with Crippen molar-refractivity contribution in [3.8, 4) is 0 Å². The molecule has 0 saturated carbocycles. The molecule has 2 aromatic heterocycles. The number of imidazole rings is 1. The summed E-state index contributed by atoms with van der Waals surface area (Å²) in [6, 6.07) is 26.5. The number of amides is 1. The maximum Gasteiger partial charge on any atom is 0.230 e. The molecule has 182 valence electrons. The van der Waals surface area contributed by atoms with Crippen LogP contribution in [0, 0.1) is 0 Å². The number of fused-ring (bicyclic) bond motifs is 5. The van der Waals surface area contributed by atoms with Crippen molar-refractivity contribution >= 4 is 45.3 Å². The molecule has 0 unspecified atom stereocenters. The molecule has 36 heavy (non-hydrogen) atoms. The van der Waals surface area contributed by atoms with Gasteiger partial charge in [0, 0.05) is 31.6 Å². The van der Waals surface area contributed by atoms with Crippen molar-refractivity contribution in [1.82, 2.24) is 24.6 Å². The smallest absolute Gasteiger partial charge is 0.230 e. The summed E-state index contributed by atoms with van der Waals surface area (Å²) in [5.74, 6) is 0.240. The van der Waals surface area contributed by atoms with Gasteiger partial charge in [-0.3, -0.25) is 14.1 Å². The Morgan fingerprint density at radius 1 is 0.972 bits per heavy atom. The number of nitrogens with zero attached hydrogens (tertiary/aromatic N) is 4. The third-order valence-corrected chi connectivity index (χ3v) is 7.38. The van der Waals surface area contributed by atoms with Crippen LogP contribution in [0.3, 0.4) is 0 Å². The van der Waals surface area contributed by atoms with Crippen LogP contribution in [0.5, 0.6) is 0 Å². The first kappa shape index (κ1) is 23.0. The van der Waals surface area contributed by atoms with E-state index in [4.69, 9.17) is 14.7 Å². The van der Waals surface area contributed by atoms with Gasteiger partial charge in [-0.25, -0.2) is 9.97 Å². The zero-order chi connectivity index (χ0) is 24.3. The fourth-order valence-electron chi connectivity index (χ4n) is 4.71. The van der Waals surface area contributed by atoms with Crippen LogP contribution in [-0.2, 0) is 16.1 Å². The molecule has 3 aromatic carbocycles. The molecule has 1 aliphatic rings. The molecule has 5 aromatic rings. The molecule has 6 rings (SSSR count). The lowest BCUT2D eigenvalue weighted by atomic mass is 10.2. The molecule has 1 saturated heterocycles. The fourth-order valence-corrected chi connectivity index (χ4v) is 5.55. The van der Waals surface area contributed by atoms with Gasteiger partial charge >= 0.3 is 0 Å². The summed E-state index contributed by atoms with van der Waals surface area (Å²) < 4.78 is 7.97. The second kappa shape index (κ2) is 10.3. The van der Waals surface area contributed by atoms with Gasteiger partial charge in [-0.15, -0.1) is 0 Å². The molecular weight excluding hydrogens is 470 g/mol. The van der Waals surface area contributed by atoms with Gasteiger partial charge in [0.05, 0.1) is 35.0 Å². The summed E-state index contributed by atoms with van der Waals surface area (Å²) in [6.45, 7) is 3.77. The number of carbonyl (C=O) groups excluding carboxylic acids is 1. The van der Waals surface area contributed by atoms with Crippen LogP contribution in [0.1, 0.15) is 5.56 Å². The van der Waals surface area contributed by atoms with E-state index < -0.39 is 0 Å². The SMILES string of the molecule is O=C(CSc1nc2ccccc2c2nc3ccccc3n12)NC[C@H]1CN(Cc2ccccc2)CCO1. The van der Waals surface area contributed by atoms with Crippen molar-refractivity contribution < 1.29 is 9.53 Å². The number of thioether (sulfide) groups is 1. The highest BCUT2D eigenvalue weighted by Crippen LogP contribution is 2.28. The number of aromatic nitrogens is 3. The summed E-state index contributed by atoms with van der Waals surface area (Å²) in [4.78, 5) is 24.9. The molecule has 0 bridgehead atoms. The monoisotopic (exact) mass is 497 g/mol. The number of carbonyl (C=O) groups is 1.